The molecule has 1 heterocycles. The lowest BCUT2D eigenvalue weighted by Crippen LogP contribution is -2.28. The van der Waals surface area contributed by atoms with E-state index in [1.54, 1.807) is 4.90 Å². The van der Waals surface area contributed by atoms with Crippen LogP contribution in [0.4, 0.5) is 17.1 Å². The van der Waals surface area contributed by atoms with Crippen LogP contribution in [0.25, 0.3) is 0 Å². The van der Waals surface area contributed by atoms with Gasteiger partial charge in [0.05, 0.1) is 5.92 Å². The molecule has 0 spiro atoms. The summed E-state index contributed by atoms with van der Waals surface area (Å²) >= 11 is 0. The average molecular weight is 380 g/mol. The van der Waals surface area contributed by atoms with Crippen LogP contribution in [-0.2, 0) is 16.0 Å². The summed E-state index contributed by atoms with van der Waals surface area (Å²) in [5.41, 5.74) is 3.93. The fraction of sp³-hybridized carbons (Fsp3) is 0.391. The van der Waals surface area contributed by atoms with Crippen molar-refractivity contribution in [2.45, 2.75) is 33.6 Å². The van der Waals surface area contributed by atoms with Crippen molar-refractivity contribution in [1.29, 1.82) is 0 Å². The molecular formula is C23H29N3O2. The van der Waals surface area contributed by atoms with E-state index < -0.39 is 0 Å². The van der Waals surface area contributed by atoms with Crippen molar-refractivity contribution in [3.05, 3.63) is 54.1 Å². The van der Waals surface area contributed by atoms with Gasteiger partial charge in [0, 0.05) is 43.1 Å². The summed E-state index contributed by atoms with van der Waals surface area (Å²) in [4.78, 5) is 29.2. The second-order valence-electron chi connectivity index (χ2n) is 7.09. The van der Waals surface area contributed by atoms with Crippen molar-refractivity contribution in [1.82, 2.24) is 0 Å². The van der Waals surface area contributed by atoms with E-state index in [1.165, 1.54) is 0 Å². The number of nitrogens with zero attached hydrogens (tertiary/aromatic N) is 2. The molecule has 1 aliphatic heterocycles. The van der Waals surface area contributed by atoms with Crippen LogP contribution in [0.3, 0.4) is 0 Å². The molecule has 28 heavy (non-hydrogen) atoms. The molecule has 1 N–H and O–H groups in total. The van der Waals surface area contributed by atoms with E-state index in [-0.39, 0.29) is 24.2 Å². The Bertz CT molecular complexity index is 828. The van der Waals surface area contributed by atoms with Crippen molar-refractivity contribution in [3.8, 4) is 0 Å². The molecule has 0 bridgehead atoms. The van der Waals surface area contributed by atoms with Gasteiger partial charge in [-0.3, -0.25) is 9.59 Å². The van der Waals surface area contributed by atoms with E-state index >= 15 is 0 Å². The van der Waals surface area contributed by atoms with Crippen LogP contribution in [0.1, 0.15) is 32.8 Å². The number of hydrogen-bond acceptors (Lipinski definition) is 3. The van der Waals surface area contributed by atoms with Crippen LogP contribution in [-0.4, -0.2) is 31.4 Å². The van der Waals surface area contributed by atoms with Gasteiger partial charge in [0.15, 0.2) is 0 Å². The second-order valence-corrected chi connectivity index (χ2v) is 7.09. The first-order valence-electron chi connectivity index (χ1n) is 10.1. The van der Waals surface area contributed by atoms with Crippen molar-refractivity contribution >= 4 is 28.9 Å². The lowest BCUT2D eigenvalue weighted by molar-refractivity contribution is -0.122. The number of para-hydroxylation sites is 1. The SMILES string of the molecule is CCc1ccccc1NC(=O)C1CC(=O)N(c2ccc(N(CC)CC)cc2)C1. The third-order valence-corrected chi connectivity index (χ3v) is 5.44. The average Bonchev–Trinajstić information content (AvgIpc) is 3.12. The van der Waals surface area contributed by atoms with Crippen molar-refractivity contribution in [2.24, 2.45) is 5.92 Å². The minimum Gasteiger partial charge on any atom is -0.372 e. The highest BCUT2D eigenvalue weighted by atomic mass is 16.2. The third kappa shape index (κ3) is 4.19. The molecule has 2 aromatic rings. The normalized spacial score (nSPS) is 16.3. The van der Waals surface area contributed by atoms with Gasteiger partial charge in [-0.1, -0.05) is 25.1 Å². The summed E-state index contributed by atoms with van der Waals surface area (Å²) in [6, 6.07) is 15.8. The first kappa shape index (κ1) is 19.9. The summed E-state index contributed by atoms with van der Waals surface area (Å²) in [6.07, 6.45) is 1.10. The summed E-state index contributed by atoms with van der Waals surface area (Å²) in [7, 11) is 0. The predicted octanol–water partition coefficient (Wildman–Crippen LogP) is 4.09. The number of hydrogen-bond donors (Lipinski definition) is 1. The van der Waals surface area contributed by atoms with Crippen LogP contribution in [0, 0.1) is 5.92 Å². The zero-order chi connectivity index (χ0) is 20.1. The molecule has 2 aromatic carbocycles. The molecule has 0 aliphatic carbocycles. The smallest absolute Gasteiger partial charge is 0.229 e. The largest absolute Gasteiger partial charge is 0.372 e. The maximum absolute atomic E-state index is 12.7. The number of amides is 2. The van der Waals surface area contributed by atoms with E-state index in [9.17, 15) is 9.59 Å². The van der Waals surface area contributed by atoms with Gasteiger partial charge in [0.25, 0.3) is 0 Å². The Morgan fingerprint density at radius 1 is 1.07 bits per heavy atom. The lowest BCUT2D eigenvalue weighted by atomic mass is 10.1. The van der Waals surface area contributed by atoms with Crippen molar-refractivity contribution < 1.29 is 9.59 Å². The third-order valence-electron chi connectivity index (χ3n) is 5.44. The highest BCUT2D eigenvalue weighted by Gasteiger charge is 2.35. The Balaban J connectivity index is 1.68. The molecule has 5 heteroatoms. The molecule has 1 fully saturated rings. The van der Waals surface area contributed by atoms with Crippen LogP contribution in [0.15, 0.2) is 48.5 Å². The minimum atomic E-state index is -0.333. The van der Waals surface area contributed by atoms with Crippen molar-refractivity contribution in [2.75, 3.05) is 34.8 Å². The Kier molecular flexibility index (Phi) is 6.34. The molecule has 1 unspecified atom stereocenters. The van der Waals surface area contributed by atoms with Crippen LogP contribution < -0.4 is 15.1 Å². The van der Waals surface area contributed by atoms with Gasteiger partial charge in [-0.25, -0.2) is 0 Å². The number of rotatable bonds is 7. The van der Waals surface area contributed by atoms with Crippen LogP contribution in [0.2, 0.25) is 0 Å². The summed E-state index contributed by atoms with van der Waals surface area (Å²) in [6.45, 7) is 8.62. The van der Waals surface area contributed by atoms with Crippen molar-refractivity contribution in [3.63, 3.8) is 0 Å². The Morgan fingerprint density at radius 3 is 2.39 bits per heavy atom. The Morgan fingerprint density at radius 2 is 1.75 bits per heavy atom. The van der Waals surface area contributed by atoms with Crippen LogP contribution >= 0.6 is 0 Å². The fourth-order valence-electron chi connectivity index (χ4n) is 3.75. The standard InChI is InChI=1S/C23H29N3O2/c1-4-17-9-7-8-10-21(17)24-23(28)18-15-22(27)26(16-18)20-13-11-19(12-14-20)25(5-2)6-3/h7-14,18H,4-6,15-16H2,1-3H3,(H,24,28). The van der Waals surface area contributed by atoms with E-state index in [0.29, 0.717) is 6.54 Å². The van der Waals surface area contributed by atoms with Gasteiger partial charge in [-0.15, -0.1) is 0 Å². The minimum absolute atomic E-state index is 0.000448. The van der Waals surface area contributed by atoms with E-state index in [2.05, 4.69) is 31.0 Å². The molecule has 5 nitrogen and oxygen atoms in total. The molecule has 1 saturated heterocycles. The van der Waals surface area contributed by atoms with Crippen LogP contribution in [0.5, 0.6) is 0 Å². The maximum atomic E-state index is 12.7. The molecular weight excluding hydrogens is 350 g/mol. The number of carbonyl (C=O) groups is 2. The fourth-order valence-corrected chi connectivity index (χ4v) is 3.75. The quantitative estimate of drug-likeness (QED) is 0.788. The zero-order valence-corrected chi connectivity index (χ0v) is 16.9. The molecule has 1 atom stereocenters. The molecule has 3 rings (SSSR count). The van der Waals surface area contributed by atoms with Gasteiger partial charge in [-0.05, 0) is 56.2 Å². The van der Waals surface area contributed by atoms with Gasteiger partial charge >= 0.3 is 0 Å². The topological polar surface area (TPSA) is 52.7 Å². The highest BCUT2D eigenvalue weighted by molar-refractivity contribution is 6.03. The first-order chi connectivity index (χ1) is 13.6. The molecule has 148 valence electrons. The number of benzene rings is 2. The number of aryl methyl sites for hydroxylation is 1. The second kappa shape index (κ2) is 8.91. The Labute approximate surface area is 167 Å². The monoisotopic (exact) mass is 379 g/mol. The molecule has 2 amide bonds. The Hall–Kier alpha value is -2.82. The van der Waals surface area contributed by atoms with Gasteiger partial charge in [-0.2, -0.15) is 0 Å². The molecule has 1 aliphatic rings. The maximum Gasteiger partial charge on any atom is 0.229 e. The molecule has 0 radical (unpaired) electrons. The number of nitrogens with one attached hydrogen (secondary N) is 1. The zero-order valence-electron chi connectivity index (χ0n) is 16.9. The van der Waals surface area contributed by atoms with Gasteiger partial charge in [0.1, 0.15) is 0 Å². The molecule has 0 saturated carbocycles. The summed E-state index contributed by atoms with van der Waals surface area (Å²) in [5, 5.41) is 3.01. The highest BCUT2D eigenvalue weighted by Crippen LogP contribution is 2.28. The summed E-state index contributed by atoms with van der Waals surface area (Å²) < 4.78 is 0. The first-order valence-corrected chi connectivity index (χ1v) is 10.1. The summed E-state index contributed by atoms with van der Waals surface area (Å²) in [5.74, 6) is -0.420. The van der Waals surface area contributed by atoms with E-state index in [1.807, 2.05) is 48.5 Å². The lowest BCUT2D eigenvalue weighted by Gasteiger charge is -2.22. The van der Waals surface area contributed by atoms with Gasteiger partial charge < -0.3 is 15.1 Å². The van der Waals surface area contributed by atoms with E-state index in [0.717, 1.165) is 42.1 Å². The number of carbonyl (C=O) groups excluding carboxylic acids is 2. The van der Waals surface area contributed by atoms with Gasteiger partial charge in [0.2, 0.25) is 11.8 Å². The predicted molar refractivity (Wildman–Crippen MR) is 115 cm³/mol. The number of anilines is 3. The molecule has 0 aromatic heterocycles. The van der Waals surface area contributed by atoms with E-state index in [4.69, 9.17) is 0 Å².